The van der Waals surface area contributed by atoms with Gasteiger partial charge in [-0.15, -0.1) is 10.2 Å². The smallest absolute Gasteiger partial charge is 0.269 e. The molecule has 0 amide bonds. The van der Waals surface area contributed by atoms with Crippen molar-refractivity contribution in [1.82, 2.24) is 15.1 Å². The molecule has 0 saturated carbocycles. The summed E-state index contributed by atoms with van der Waals surface area (Å²) in [7, 11) is 0. The van der Waals surface area contributed by atoms with E-state index in [0.717, 1.165) is 29.9 Å². The van der Waals surface area contributed by atoms with E-state index < -0.39 is 4.92 Å². The van der Waals surface area contributed by atoms with Gasteiger partial charge in [0.25, 0.3) is 5.69 Å². The summed E-state index contributed by atoms with van der Waals surface area (Å²) in [6, 6.07) is 22.2. The van der Waals surface area contributed by atoms with Crippen LogP contribution in [-0.4, -0.2) is 46.2 Å². The highest BCUT2D eigenvalue weighted by Gasteiger charge is 2.31. The third-order valence-corrected chi connectivity index (χ3v) is 5.99. The van der Waals surface area contributed by atoms with Crippen molar-refractivity contribution in [3.63, 3.8) is 0 Å². The molecule has 0 radical (unpaired) electrons. The minimum absolute atomic E-state index is 0.0735. The van der Waals surface area contributed by atoms with Gasteiger partial charge in [-0.2, -0.15) is 0 Å². The fourth-order valence-corrected chi connectivity index (χ4v) is 4.22. The van der Waals surface area contributed by atoms with Crippen molar-refractivity contribution in [1.29, 1.82) is 0 Å². The number of anilines is 1. The lowest BCUT2D eigenvalue weighted by molar-refractivity contribution is -0.384. The molecule has 1 atom stereocenters. The Morgan fingerprint density at radius 1 is 0.882 bits per heavy atom. The summed E-state index contributed by atoms with van der Waals surface area (Å²) in [5.41, 5.74) is 2.72. The number of benzene rings is 3. The molecule has 4 aromatic rings. The van der Waals surface area contributed by atoms with Gasteiger partial charge in [0.05, 0.1) is 4.92 Å². The Morgan fingerprint density at radius 2 is 1.56 bits per heavy atom. The van der Waals surface area contributed by atoms with Crippen LogP contribution in [0.5, 0.6) is 0 Å². The average Bonchev–Trinajstić information content (AvgIpc) is 3.36. The van der Waals surface area contributed by atoms with Gasteiger partial charge >= 0.3 is 0 Å². The van der Waals surface area contributed by atoms with Crippen molar-refractivity contribution in [2.24, 2.45) is 0 Å². The molecule has 5 rings (SSSR count). The standard InChI is InChI=1S/C25H22FN5O3/c26-20-8-6-18(7-9-20)23(25-28-27-24(34-25)19-4-2-1-3-5-19)30-16-14-29(15-17-30)21-10-12-22(13-11-21)31(32)33/h1-13,23H,14-17H2. The maximum atomic E-state index is 13.6. The molecule has 8 nitrogen and oxygen atoms in total. The van der Waals surface area contributed by atoms with Crippen molar-refractivity contribution in [2.75, 3.05) is 31.1 Å². The fraction of sp³-hybridized carbons (Fsp3) is 0.200. The second kappa shape index (κ2) is 9.40. The van der Waals surface area contributed by atoms with Gasteiger partial charge in [0.1, 0.15) is 11.9 Å². The predicted molar refractivity (Wildman–Crippen MR) is 125 cm³/mol. The maximum absolute atomic E-state index is 13.6. The van der Waals surface area contributed by atoms with E-state index in [1.165, 1.54) is 24.3 Å². The molecule has 1 aliphatic heterocycles. The Bertz CT molecular complexity index is 1250. The van der Waals surface area contributed by atoms with E-state index in [9.17, 15) is 14.5 Å². The molecular weight excluding hydrogens is 437 g/mol. The van der Waals surface area contributed by atoms with Crippen molar-refractivity contribution < 1.29 is 13.7 Å². The summed E-state index contributed by atoms with van der Waals surface area (Å²) >= 11 is 0. The lowest BCUT2D eigenvalue weighted by atomic mass is 10.0. The molecule has 0 spiro atoms. The highest BCUT2D eigenvalue weighted by Crippen LogP contribution is 2.32. The predicted octanol–water partition coefficient (Wildman–Crippen LogP) is 4.70. The fourth-order valence-electron chi connectivity index (χ4n) is 4.22. The third kappa shape index (κ3) is 4.51. The number of rotatable bonds is 6. The largest absolute Gasteiger partial charge is 0.419 e. The van der Waals surface area contributed by atoms with Crippen molar-refractivity contribution >= 4 is 11.4 Å². The molecule has 0 N–H and O–H groups in total. The van der Waals surface area contributed by atoms with Crippen LogP contribution in [0.25, 0.3) is 11.5 Å². The monoisotopic (exact) mass is 459 g/mol. The van der Waals surface area contributed by atoms with E-state index in [0.29, 0.717) is 24.9 Å². The Balaban J connectivity index is 1.38. The topological polar surface area (TPSA) is 88.5 Å². The highest BCUT2D eigenvalue weighted by atomic mass is 19.1. The van der Waals surface area contributed by atoms with Crippen LogP contribution in [0, 0.1) is 15.9 Å². The van der Waals surface area contributed by atoms with Gasteiger partial charge < -0.3 is 9.32 Å². The van der Waals surface area contributed by atoms with E-state index in [2.05, 4.69) is 20.0 Å². The maximum Gasteiger partial charge on any atom is 0.269 e. The molecule has 1 fully saturated rings. The van der Waals surface area contributed by atoms with E-state index >= 15 is 0 Å². The van der Waals surface area contributed by atoms with Gasteiger partial charge in [0, 0.05) is 49.6 Å². The summed E-state index contributed by atoms with van der Waals surface area (Å²) in [5.74, 6) is 0.586. The van der Waals surface area contributed by atoms with Crippen molar-refractivity contribution in [3.8, 4) is 11.5 Å². The number of halogens is 1. The summed E-state index contributed by atoms with van der Waals surface area (Å²) in [6.45, 7) is 2.83. The Morgan fingerprint density at radius 3 is 2.21 bits per heavy atom. The lowest BCUT2D eigenvalue weighted by Gasteiger charge is -2.39. The van der Waals surface area contributed by atoms with Gasteiger partial charge in [-0.05, 0) is 42.0 Å². The summed E-state index contributed by atoms with van der Waals surface area (Å²) in [4.78, 5) is 15.0. The molecule has 172 valence electrons. The van der Waals surface area contributed by atoms with Crippen LogP contribution in [0.1, 0.15) is 17.5 Å². The molecule has 2 heterocycles. The number of non-ortho nitro benzene ring substituents is 1. The highest BCUT2D eigenvalue weighted by molar-refractivity contribution is 5.52. The lowest BCUT2D eigenvalue weighted by Crippen LogP contribution is -2.48. The second-order valence-electron chi connectivity index (χ2n) is 8.06. The first-order valence-electron chi connectivity index (χ1n) is 11.0. The van der Waals surface area contributed by atoms with Gasteiger partial charge in [-0.25, -0.2) is 4.39 Å². The second-order valence-corrected chi connectivity index (χ2v) is 8.06. The Hall–Kier alpha value is -4.11. The summed E-state index contributed by atoms with van der Waals surface area (Å²) in [6.07, 6.45) is 0. The van der Waals surface area contributed by atoms with Crippen LogP contribution < -0.4 is 4.90 Å². The van der Waals surface area contributed by atoms with Crippen LogP contribution in [0.15, 0.2) is 83.3 Å². The van der Waals surface area contributed by atoms with Gasteiger partial charge in [-0.3, -0.25) is 15.0 Å². The normalized spacial score (nSPS) is 15.3. The number of piperazine rings is 1. The molecule has 1 aromatic heterocycles. The number of aromatic nitrogens is 2. The van der Waals surface area contributed by atoms with Crippen molar-refractivity contribution in [3.05, 3.63) is 106 Å². The first-order valence-corrected chi connectivity index (χ1v) is 11.0. The zero-order valence-electron chi connectivity index (χ0n) is 18.3. The zero-order chi connectivity index (χ0) is 23.5. The van der Waals surface area contributed by atoms with Crippen LogP contribution in [0.3, 0.4) is 0 Å². The zero-order valence-corrected chi connectivity index (χ0v) is 18.3. The third-order valence-electron chi connectivity index (χ3n) is 5.99. The summed E-state index contributed by atoms with van der Waals surface area (Å²) < 4.78 is 19.7. The van der Waals surface area contributed by atoms with Gasteiger partial charge in [-0.1, -0.05) is 30.3 Å². The molecule has 34 heavy (non-hydrogen) atoms. The molecule has 9 heteroatoms. The number of hydrogen-bond acceptors (Lipinski definition) is 7. The first-order chi connectivity index (χ1) is 16.6. The van der Waals surface area contributed by atoms with E-state index in [1.54, 1.807) is 24.3 Å². The van der Waals surface area contributed by atoms with Gasteiger partial charge in [0.2, 0.25) is 11.8 Å². The van der Waals surface area contributed by atoms with Crippen LogP contribution >= 0.6 is 0 Å². The van der Waals surface area contributed by atoms with E-state index in [1.807, 2.05) is 30.3 Å². The van der Waals surface area contributed by atoms with E-state index in [4.69, 9.17) is 4.42 Å². The molecule has 0 aliphatic carbocycles. The van der Waals surface area contributed by atoms with Crippen LogP contribution in [-0.2, 0) is 0 Å². The molecule has 3 aromatic carbocycles. The molecule has 1 aliphatic rings. The number of nitro groups is 1. The molecule has 1 unspecified atom stereocenters. The number of hydrogen-bond donors (Lipinski definition) is 0. The minimum atomic E-state index is -0.400. The molecular formula is C25H22FN5O3. The molecule has 0 bridgehead atoms. The van der Waals surface area contributed by atoms with E-state index in [-0.39, 0.29) is 17.5 Å². The Kier molecular flexibility index (Phi) is 6.01. The SMILES string of the molecule is O=[N+]([O-])c1ccc(N2CCN(C(c3ccc(F)cc3)c3nnc(-c4ccccc4)o3)CC2)cc1. The average molecular weight is 459 g/mol. The Labute approximate surface area is 195 Å². The number of nitrogens with zero attached hydrogens (tertiary/aromatic N) is 5. The van der Waals surface area contributed by atoms with Crippen LogP contribution in [0.2, 0.25) is 0 Å². The van der Waals surface area contributed by atoms with Gasteiger partial charge in [0.15, 0.2) is 0 Å². The van der Waals surface area contributed by atoms with Crippen molar-refractivity contribution in [2.45, 2.75) is 6.04 Å². The first kappa shape index (κ1) is 21.7. The molecule has 1 saturated heterocycles. The summed E-state index contributed by atoms with van der Waals surface area (Å²) in [5, 5.41) is 19.5. The van der Waals surface area contributed by atoms with Crippen LogP contribution in [0.4, 0.5) is 15.8 Å². The quantitative estimate of drug-likeness (QED) is 0.305. The number of nitro benzene ring substituents is 1. The minimum Gasteiger partial charge on any atom is -0.419 e.